The molecule has 0 saturated carbocycles. The second kappa shape index (κ2) is 5.18. The van der Waals surface area contributed by atoms with E-state index in [4.69, 9.17) is 11.6 Å². The highest BCUT2D eigenvalue weighted by molar-refractivity contribution is 6.30. The lowest BCUT2D eigenvalue weighted by Crippen LogP contribution is -2.42. The summed E-state index contributed by atoms with van der Waals surface area (Å²) in [6, 6.07) is 1.37. The number of carbonyl (C=O) groups excluding carboxylic acids is 2. The van der Waals surface area contributed by atoms with Crippen molar-refractivity contribution in [1.82, 2.24) is 14.8 Å². The number of nitrogens with zero attached hydrogens (tertiary/aromatic N) is 2. The van der Waals surface area contributed by atoms with Gasteiger partial charge in [-0.2, -0.15) is 0 Å². The Morgan fingerprint density at radius 3 is 2.86 bits per heavy atom. The van der Waals surface area contributed by atoms with Crippen LogP contribution in [0.5, 0.6) is 0 Å². The number of piperidine rings is 1. The van der Waals surface area contributed by atoms with Crippen molar-refractivity contribution in [2.75, 3.05) is 26.7 Å². The molecule has 1 aromatic rings. The third-order valence-corrected chi connectivity index (χ3v) is 4.64. The molecule has 0 radical (unpaired) electrons. The van der Waals surface area contributed by atoms with Crippen LogP contribution in [-0.2, 0) is 4.79 Å². The average Bonchev–Trinajstić information content (AvgIpc) is 2.90. The number of hydrogen-bond donors (Lipinski definition) is 1. The summed E-state index contributed by atoms with van der Waals surface area (Å²) in [5, 5.41) is -0.00623. The fraction of sp³-hybridized carbons (Fsp3) is 0.500. The van der Waals surface area contributed by atoms with Crippen LogP contribution in [0.3, 0.4) is 0 Å². The Bertz CT molecular complexity index is 657. The molecule has 7 heteroatoms. The van der Waals surface area contributed by atoms with Gasteiger partial charge in [-0.15, -0.1) is 0 Å². The van der Waals surface area contributed by atoms with E-state index in [1.165, 1.54) is 12.3 Å². The number of rotatable bonds is 1. The number of nitrogens with one attached hydrogen (secondary N) is 1. The molecule has 0 spiro atoms. The van der Waals surface area contributed by atoms with Crippen molar-refractivity contribution >= 4 is 23.4 Å². The molecule has 0 unspecified atom stereocenters. The Labute approximate surface area is 126 Å². The molecule has 112 valence electrons. The number of aromatic nitrogens is 1. The molecule has 1 N–H and O–H groups in total. The van der Waals surface area contributed by atoms with Crippen LogP contribution in [0.1, 0.15) is 16.8 Å². The number of likely N-dealkylation sites (tertiary alicyclic amines) is 2. The van der Waals surface area contributed by atoms with Crippen molar-refractivity contribution in [2.45, 2.75) is 6.42 Å². The van der Waals surface area contributed by atoms with E-state index < -0.39 is 5.56 Å². The highest BCUT2D eigenvalue weighted by atomic mass is 35.5. The fourth-order valence-corrected chi connectivity index (χ4v) is 3.30. The van der Waals surface area contributed by atoms with E-state index in [0.717, 1.165) is 13.0 Å². The zero-order chi connectivity index (χ0) is 15.1. The van der Waals surface area contributed by atoms with Gasteiger partial charge in [0.25, 0.3) is 11.5 Å². The lowest BCUT2D eigenvalue weighted by atomic mass is 9.88. The largest absolute Gasteiger partial charge is 0.345 e. The van der Waals surface area contributed by atoms with Crippen LogP contribution in [0.25, 0.3) is 0 Å². The molecular weight excluding hydrogens is 294 g/mol. The second-order valence-corrected chi connectivity index (χ2v) is 6.10. The topological polar surface area (TPSA) is 73.5 Å². The van der Waals surface area contributed by atoms with Gasteiger partial charge in [-0.25, -0.2) is 0 Å². The fourth-order valence-electron chi connectivity index (χ4n) is 3.12. The zero-order valence-corrected chi connectivity index (χ0v) is 12.4. The first kappa shape index (κ1) is 14.1. The van der Waals surface area contributed by atoms with Crippen molar-refractivity contribution in [3.05, 3.63) is 33.2 Å². The van der Waals surface area contributed by atoms with Gasteiger partial charge >= 0.3 is 0 Å². The van der Waals surface area contributed by atoms with E-state index in [1.54, 1.807) is 16.8 Å². The Hall–Kier alpha value is -1.82. The Kier molecular flexibility index (Phi) is 3.49. The maximum Gasteiger partial charge on any atom is 0.266 e. The smallest absolute Gasteiger partial charge is 0.266 e. The quantitative estimate of drug-likeness (QED) is 0.824. The van der Waals surface area contributed by atoms with Gasteiger partial charge in [-0.05, 0) is 18.4 Å². The van der Waals surface area contributed by atoms with Crippen LogP contribution in [0, 0.1) is 11.8 Å². The molecule has 3 heterocycles. The Morgan fingerprint density at radius 2 is 2.14 bits per heavy atom. The van der Waals surface area contributed by atoms with E-state index in [2.05, 4.69) is 4.98 Å². The van der Waals surface area contributed by atoms with Crippen molar-refractivity contribution in [2.24, 2.45) is 11.8 Å². The monoisotopic (exact) mass is 309 g/mol. The number of halogens is 1. The molecule has 2 saturated heterocycles. The number of carbonyl (C=O) groups is 2. The van der Waals surface area contributed by atoms with Gasteiger partial charge < -0.3 is 14.8 Å². The van der Waals surface area contributed by atoms with E-state index in [-0.39, 0.29) is 28.7 Å². The van der Waals surface area contributed by atoms with Crippen LogP contribution in [-0.4, -0.2) is 53.3 Å². The maximum absolute atomic E-state index is 12.5. The van der Waals surface area contributed by atoms with E-state index >= 15 is 0 Å². The van der Waals surface area contributed by atoms with E-state index in [9.17, 15) is 14.4 Å². The summed E-state index contributed by atoms with van der Waals surface area (Å²) < 4.78 is 0. The van der Waals surface area contributed by atoms with Gasteiger partial charge in [0.05, 0.1) is 11.5 Å². The van der Waals surface area contributed by atoms with Crippen molar-refractivity contribution in [3.63, 3.8) is 0 Å². The highest BCUT2D eigenvalue weighted by Gasteiger charge is 2.43. The first-order valence-electron chi connectivity index (χ1n) is 6.90. The molecule has 2 fully saturated rings. The van der Waals surface area contributed by atoms with Crippen LogP contribution in [0.15, 0.2) is 17.1 Å². The van der Waals surface area contributed by atoms with Gasteiger partial charge in [0.15, 0.2) is 0 Å². The molecule has 2 amide bonds. The maximum atomic E-state index is 12.5. The predicted octanol–water partition coefficient (Wildman–Crippen LogP) is 0.579. The molecule has 2 atom stereocenters. The third-order valence-electron chi connectivity index (χ3n) is 4.36. The zero-order valence-electron chi connectivity index (χ0n) is 11.6. The molecule has 3 rings (SSSR count). The van der Waals surface area contributed by atoms with Crippen LogP contribution in [0.4, 0.5) is 0 Å². The van der Waals surface area contributed by atoms with Gasteiger partial charge in [0, 0.05) is 32.9 Å². The summed E-state index contributed by atoms with van der Waals surface area (Å²) in [4.78, 5) is 41.7. The summed E-state index contributed by atoms with van der Waals surface area (Å²) in [5.41, 5.74) is -0.0702. The van der Waals surface area contributed by atoms with Crippen molar-refractivity contribution < 1.29 is 9.59 Å². The minimum Gasteiger partial charge on any atom is -0.345 e. The molecule has 0 aliphatic carbocycles. The second-order valence-electron chi connectivity index (χ2n) is 5.69. The van der Waals surface area contributed by atoms with E-state index in [0.29, 0.717) is 18.7 Å². The molecule has 6 nitrogen and oxygen atoms in total. The minimum atomic E-state index is -0.417. The number of amides is 2. The molecule has 1 aromatic heterocycles. The number of fused-ring (bicyclic) bond motifs is 1. The lowest BCUT2D eigenvalue weighted by Gasteiger charge is -2.30. The van der Waals surface area contributed by atoms with Crippen molar-refractivity contribution in [3.8, 4) is 0 Å². The molecule has 2 aliphatic rings. The Morgan fingerprint density at radius 1 is 1.38 bits per heavy atom. The minimum absolute atomic E-state index is 0.00623. The number of H-pyrrole nitrogens is 1. The molecular formula is C14H16ClN3O3. The van der Waals surface area contributed by atoms with Gasteiger partial charge in [0.2, 0.25) is 5.91 Å². The van der Waals surface area contributed by atoms with E-state index in [1.807, 2.05) is 0 Å². The van der Waals surface area contributed by atoms with Crippen LogP contribution in [0.2, 0.25) is 5.02 Å². The summed E-state index contributed by atoms with van der Waals surface area (Å²) in [5.74, 6) is 0.0425. The summed E-state index contributed by atoms with van der Waals surface area (Å²) in [6.07, 6.45) is 2.29. The first-order chi connectivity index (χ1) is 9.97. The number of aromatic amines is 1. The SMILES string of the molecule is CN1CC[C@@H]2CN(C(=O)c3c[nH]c(=O)c(Cl)c3)C[C@@H]2C1=O. The standard InChI is InChI=1S/C14H16ClN3O3/c1-17-3-2-8-6-18(7-10(8)14(17)21)13(20)9-4-11(15)12(19)16-5-9/h4-5,8,10H,2-3,6-7H2,1H3,(H,16,19)/t8-,10+/m1/s1. The highest BCUT2D eigenvalue weighted by Crippen LogP contribution is 2.32. The number of hydrogen-bond acceptors (Lipinski definition) is 3. The summed E-state index contributed by atoms with van der Waals surface area (Å²) in [7, 11) is 1.80. The van der Waals surface area contributed by atoms with Gasteiger partial charge in [-0.1, -0.05) is 11.6 Å². The summed E-state index contributed by atoms with van der Waals surface area (Å²) >= 11 is 5.75. The van der Waals surface area contributed by atoms with Gasteiger partial charge in [0.1, 0.15) is 5.02 Å². The lowest BCUT2D eigenvalue weighted by molar-refractivity contribution is -0.137. The summed E-state index contributed by atoms with van der Waals surface area (Å²) in [6.45, 7) is 1.76. The molecule has 21 heavy (non-hydrogen) atoms. The van der Waals surface area contributed by atoms with Crippen LogP contribution >= 0.6 is 11.6 Å². The van der Waals surface area contributed by atoms with Crippen molar-refractivity contribution in [1.29, 1.82) is 0 Å². The van der Waals surface area contributed by atoms with Crippen LogP contribution < -0.4 is 5.56 Å². The third kappa shape index (κ3) is 2.44. The predicted molar refractivity (Wildman–Crippen MR) is 77.2 cm³/mol. The number of pyridine rings is 1. The molecule has 2 aliphatic heterocycles. The average molecular weight is 310 g/mol. The molecule has 0 aromatic carbocycles. The first-order valence-corrected chi connectivity index (χ1v) is 7.27. The molecule has 0 bridgehead atoms. The van der Waals surface area contributed by atoms with Gasteiger partial charge in [-0.3, -0.25) is 14.4 Å². The normalized spacial score (nSPS) is 25.1. The Balaban J connectivity index is 1.79.